The molecular formula is C13H24N4O2. The molecule has 0 radical (unpaired) electrons. The zero-order valence-corrected chi connectivity index (χ0v) is 12.1. The van der Waals surface area contributed by atoms with Crippen molar-refractivity contribution in [2.75, 3.05) is 30.4 Å². The summed E-state index contributed by atoms with van der Waals surface area (Å²) in [4.78, 5) is 8.90. The van der Waals surface area contributed by atoms with Crippen LogP contribution in [0.1, 0.15) is 33.5 Å². The van der Waals surface area contributed by atoms with Gasteiger partial charge in [-0.2, -0.15) is 0 Å². The summed E-state index contributed by atoms with van der Waals surface area (Å²) < 4.78 is 0. The Morgan fingerprint density at radius 3 is 2.21 bits per heavy atom. The van der Waals surface area contributed by atoms with E-state index in [-0.39, 0.29) is 18.6 Å². The average molecular weight is 268 g/mol. The first-order valence-electron chi connectivity index (χ1n) is 6.52. The monoisotopic (exact) mass is 268 g/mol. The van der Waals surface area contributed by atoms with Gasteiger partial charge in [0.05, 0.1) is 19.3 Å². The van der Waals surface area contributed by atoms with Crippen LogP contribution in [-0.4, -0.2) is 46.0 Å². The SMILES string of the molecule is CCNc1cc(NC(CO)CO)nc(C(C)(C)C)n1. The summed E-state index contributed by atoms with van der Waals surface area (Å²) in [5.74, 6) is 2.05. The van der Waals surface area contributed by atoms with Crippen LogP contribution in [-0.2, 0) is 5.41 Å². The predicted molar refractivity (Wildman–Crippen MR) is 76.5 cm³/mol. The molecule has 0 saturated heterocycles. The van der Waals surface area contributed by atoms with Gasteiger partial charge in [0.15, 0.2) is 0 Å². The average Bonchev–Trinajstić information content (AvgIpc) is 2.35. The van der Waals surface area contributed by atoms with E-state index in [0.29, 0.717) is 11.6 Å². The van der Waals surface area contributed by atoms with Crippen LogP contribution in [0.5, 0.6) is 0 Å². The Kier molecular flexibility index (Phi) is 5.50. The van der Waals surface area contributed by atoms with Gasteiger partial charge in [-0.05, 0) is 6.92 Å². The summed E-state index contributed by atoms with van der Waals surface area (Å²) in [5.41, 5.74) is -0.171. The molecule has 6 nitrogen and oxygen atoms in total. The number of aliphatic hydroxyl groups is 2. The van der Waals surface area contributed by atoms with Crippen molar-refractivity contribution in [3.05, 3.63) is 11.9 Å². The lowest BCUT2D eigenvalue weighted by Gasteiger charge is -2.21. The second kappa shape index (κ2) is 6.68. The van der Waals surface area contributed by atoms with Gasteiger partial charge in [-0.3, -0.25) is 0 Å². The zero-order chi connectivity index (χ0) is 14.5. The van der Waals surface area contributed by atoms with Crippen molar-refractivity contribution in [1.82, 2.24) is 9.97 Å². The van der Waals surface area contributed by atoms with E-state index in [0.717, 1.165) is 12.4 Å². The quantitative estimate of drug-likeness (QED) is 0.615. The predicted octanol–water partition coefficient (Wildman–Crippen LogP) is 0.971. The van der Waals surface area contributed by atoms with Crippen molar-refractivity contribution in [3.63, 3.8) is 0 Å². The molecule has 0 aliphatic heterocycles. The minimum atomic E-state index is -0.419. The summed E-state index contributed by atoms with van der Waals surface area (Å²) in [5, 5.41) is 24.4. The maximum atomic E-state index is 9.11. The lowest BCUT2D eigenvalue weighted by atomic mass is 9.96. The van der Waals surface area contributed by atoms with E-state index >= 15 is 0 Å². The summed E-state index contributed by atoms with van der Waals surface area (Å²) in [6.45, 7) is 8.58. The van der Waals surface area contributed by atoms with Gasteiger partial charge in [0.1, 0.15) is 17.5 Å². The van der Waals surface area contributed by atoms with Crippen molar-refractivity contribution < 1.29 is 10.2 Å². The minimum absolute atomic E-state index is 0.151. The highest BCUT2D eigenvalue weighted by Crippen LogP contribution is 2.22. The summed E-state index contributed by atoms with van der Waals surface area (Å²) in [6.07, 6.45) is 0. The van der Waals surface area contributed by atoms with E-state index in [1.165, 1.54) is 0 Å². The van der Waals surface area contributed by atoms with Gasteiger partial charge in [-0.25, -0.2) is 9.97 Å². The molecule has 6 heteroatoms. The molecule has 0 bridgehead atoms. The molecule has 0 saturated carbocycles. The Morgan fingerprint density at radius 1 is 1.16 bits per heavy atom. The van der Waals surface area contributed by atoms with Gasteiger partial charge in [0.25, 0.3) is 0 Å². The Bertz CT molecular complexity index is 400. The van der Waals surface area contributed by atoms with E-state index in [4.69, 9.17) is 10.2 Å². The number of aliphatic hydroxyl groups excluding tert-OH is 2. The molecule has 0 atom stereocenters. The highest BCUT2D eigenvalue weighted by molar-refractivity contribution is 5.48. The van der Waals surface area contributed by atoms with Crippen molar-refractivity contribution >= 4 is 11.6 Å². The molecule has 4 N–H and O–H groups in total. The third-order valence-corrected chi connectivity index (χ3v) is 2.55. The number of rotatable bonds is 6. The second-order valence-corrected chi connectivity index (χ2v) is 5.45. The first kappa shape index (κ1) is 15.7. The van der Waals surface area contributed by atoms with E-state index < -0.39 is 6.04 Å². The van der Waals surface area contributed by atoms with E-state index in [1.807, 2.05) is 27.7 Å². The van der Waals surface area contributed by atoms with Crippen LogP contribution in [0.4, 0.5) is 11.6 Å². The van der Waals surface area contributed by atoms with Crippen molar-refractivity contribution in [2.24, 2.45) is 0 Å². The van der Waals surface area contributed by atoms with Crippen LogP contribution in [0.25, 0.3) is 0 Å². The summed E-state index contributed by atoms with van der Waals surface area (Å²) >= 11 is 0. The number of hydrogen-bond donors (Lipinski definition) is 4. The van der Waals surface area contributed by atoms with Gasteiger partial charge in [-0.15, -0.1) is 0 Å². The smallest absolute Gasteiger partial charge is 0.138 e. The summed E-state index contributed by atoms with van der Waals surface area (Å²) in [7, 11) is 0. The normalized spacial score (nSPS) is 11.7. The van der Waals surface area contributed by atoms with Crippen molar-refractivity contribution in [3.8, 4) is 0 Å². The third kappa shape index (κ3) is 4.65. The fourth-order valence-electron chi connectivity index (χ4n) is 1.49. The van der Waals surface area contributed by atoms with Crippen LogP contribution >= 0.6 is 0 Å². The lowest BCUT2D eigenvalue weighted by molar-refractivity contribution is 0.203. The van der Waals surface area contributed by atoms with E-state index in [2.05, 4.69) is 20.6 Å². The second-order valence-electron chi connectivity index (χ2n) is 5.45. The molecule has 0 unspecified atom stereocenters. The molecular weight excluding hydrogens is 244 g/mol. The minimum Gasteiger partial charge on any atom is -0.394 e. The zero-order valence-electron chi connectivity index (χ0n) is 12.1. The fraction of sp³-hybridized carbons (Fsp3) is 0.692. The molecule has 1 aromatic rings. The van der Waals surface area contributed by atoms with Crippen LogP contribution in [0, 0.1) is 0 Å². The highest BCUT2D eigenvalue weighted by atomic mass is 16.3. The van der Waals surface area contributed by atoms with Gasteiger partial charge in [0.2, 0.25) is 0 Å². The van der Waals surface area contributed by atoms with Crippen LogP contribution in [0.15, 0.2) is 6.07 Å². The van der Waals surface area contributed by atoms with Gasteiger partial charge < -0.3 is 20.8 Å². The fourth-order valence-corrected chi connectivity index (χ4v) is 1.49. The molecule has 0 spiro atoms. The molecule has 108 valence electrons. The molecule has 0 aliphatic carbocycles. The van der Waals surface area contributed by atoms with Gasteiger partial charge in [-0.1, -0.05) is 20.8 Å². The van der Waals surface area contributed by atoms with Crippen LogP contribution in [0.2, 0.25) is 0 Å². The van der Waals surface area contributed by atoms with Gasteiger partial charge in [0, 0.05) is 18.0 Å². The maximum Gasteiger partial charge on any atom is 0.138 e. The molecule has 0 fully saturated rings. The van der Waals surface area contributed by atoms with E-state index in [1.54, 1.807) is 6.07 Å². The molecule has 1 rings (SSSR count). The van der Waals surface area contributed by atoms with Crippen molar-refractivity contribution in [1.29, 1.82) is 0 Å². The first-order valence-corrected chi connectivity index (χ1v) is 6.52. The third-order valence-electron chi connectivity index (χ3n) is 2.55. The Balaban J connectivity index is 3.05. The van der Waals surface area contributed by atoms with Crippen molar-refractivity contribution in [2.45, 2.75) is 39.2 Å². The molecule has 19 heavy (non-hydrogen) atoms. The molecule has 0 amide bonds. The van der Waals surface area contributed by atoms with Crippen LogP contribution < -0.4 is 10.6 Å². The lowest BCUT2D eigenvalue weighted by Crippen LogP contribution is -2.29. The number of nitrogens with zero attached hydrogens (tertiary/aromatic N) is 2. The van der Waals surface area contributed by atoms with Crippen LogP contribution in [0.3, 0.4) is 0 Å². The topological polar surface area (TPSA) is 90.3 Å². The first-order chi connectivity index (χ1) is 8.90. The van der Waals surface area contributed by atoms with Gasteiger partial charge >= 0.3 is 0 Å². The Morgan fingerprint density at radius 2 is 1.74 bits per heavy atom. The Labute approximate surface area is 114 Å². The highest BCUT2D eigenvalue weighted by Gasteiger charge is 2.19. The molecule has 0 aliphatic rings. The number of hydrogen-bond acceptors (Lipinski definition) is 6. The summed E-state index contributed by atoms with van der Waals surface area (Å²) in [6, 6.07) is 1.36. The molecule has 1 heterocycles. The molecule has 0 aromatic carbocycles. The Hall–Kier alpha value is -1.40. The van der Waals surface area contributed by atoms with E-state index in [9.17, 15) is 0 Å². The largest absolute Gasteiger partial charge is 0.394 e. The maximum absolute atomic E-state index is 9.11. The standard InChI is InChI=1S/C13H24N4O2/c1-5-14-10-6-11(15-9(7-18)8-19)17-12(16-10)13(2,3)4/h6,9,18-19H,5,7-8H2,1-4H3,(H2,14,15,16,17). The number of anilines is 2. The number of nitrogens with one attached hydrogen (secondary N) is 2. The molecule has 1 aromatic heterocycles. The number of aromatic nitrogens is 2.